The van der Waals surface area contributed by atoms with Crippen LogP contribution < -0.4 is 0 Å². The fraction of sp³-hybridized carbons (Fsp3) is 0.167. The van der Waals surface area contributed by atoms with Crippen LogP contribution in [0.15, 0.2) is 30.4 Å². The van der Waals surface area contributed by atoms with Crippen molar-refractivity contribution in [3.05, 3.63) is 41.5 Å². The second-order valence-corrected chi connectivity index (χ2v) is 2.79. The molecule has 13 heavy (non-hydrogen) atoms. The second kappa shape index (κ2) is 4.51. The van der Waals surface area contributed by atoms with E-state index in [2.05, 4.69) is 0 Å². The van der Waals surface area contributed by atoms with Gasteiger partial charge in [0.2, 0.25) is 0 Å². The van der Waals surface area contributed by atoms with Crippen molar-refractivity contribution < 1.29 is 5.11 Å². The number of allylic oxidation sites excluding steroid dienone is 2. The average molecular weight is 174 g/mol. The summed E-state index contributed by atoms with van der Waals surface area (Å²) in [5.74, 6) is 0.346. The second-order valence-electron chi connectivity index (χ2n) is 2.79. The maximum Gasteiger partial charge on any atom is 0.129 e. The normalized spacial score (nSPS) is 11.5. The van der Waals surface area contributed by atoms with Crippen LogP contribution in [0.25, 0.3) is 12.2 Å². The third-order valence-electron chi connectivity index (χ3n) is 1.79. The van der Waals surface area contributed by atoms with Crippen LogP contribution in [-0.2, 0) is 0 Å². The number of phenolic OH excluding ortho intramolecular Hbond substituents is 1. The number of hydrogen-bond acceptors (Lipinski definition) is 1. The Labute approximate surface area is 79.0 Å². The highest BCUT2D eigenvalue weighted by Gasteiger charge is 2.00. The molecule has 0 amide bonds. The van der Waals surface area contributed by atoms with Crippen LogP contribution in [0.4, 0.5) is 0 Å². The Hall–Kier alpha value is -1.50. The van der Waals surface area contributed by atoms with Crippen molar-refractivity contribution in [2.75, 3.05) is 0 Å². The summed E-state index contributed by atoms with van der Waals surface area (Å²) in [5, 5.41) is 9.75. The highest BCUT2D eigenvalue weighted by atomic mass is 16.3. The van der Waals surface area contributed by atoms with Crippen LogP contribution in [0.5, 0.6) is 5.75 Å². The van der Waals surface area contributed by atoms with Crippen molar-refractivity contribution in [2.45, 2.75) is 13.8 Å². The summed E-state index contributed by atoms with van der Waals surface area (Å²) in [6.07, 6.45) is 7.60. The van der Waals surface area contributed by atoms with Crippen LogP contribution in [0.2, 0.25) is 0 Å². The Kier molecular flexibility index (Phi) is 3.32. The molecule has 0 unspecified atom stereocenters. The van der Waals surface area contributed by atoms with Crippen molar-refractivity contribution >= 4 is 12.2 Å². The minimum absolute atomic E-state index is 0.346. The smallest absolute Gasteiger partial charge is 0.129 e. The van der Waals surface area contributed by atoms with E-state index >= 15 is 0 Å². The summed E-state index contributed by atoms with van der Waals surface area (Å²) in [4.78, 5) is 0. The maximum atomic E-state index is 9.75. The number of aromatic hydroxyl groups is 1. The molecule has 0 bridgehead atoms. The summed E-state index contributed by atoms with van der Waals surface area (Å²) in [7, 11) is 0. The minimum atomic E-state index is 0.346. The van der Waals surface area contributed by atoms with E-state index in [0.717, 1.165) is 11.1 Å². The Balaban J connectivity index is 3.17. The number of phenols is 1. The molecule has 0 aromatic heterocycles. The molecule has 0 aliphatic carbocycles. The zero-order valence-corrected chi connectivity index (χ0v) is 7.99. The highest BCUT2D eigenvalue weighted by molar-refractivity contribution is 5.66. The zero-order valence-electron chi connectivity index (χ0n) is 7.99. The van der Waals surface area contributed by atoms with E-state index < -0.39 is 0 Å². The first kappa shape index (κ1) is 9.59. The van der Waals surface area contributed by atoms with Gasteiger partial charge in [0, 0.05) is 11.1 Å². The van der Waals surface area contributed by atoms with Gasteiger partial charge in [0.05, 0.1) is 0 Å². The van der Waals surface area contributed by atoms with E-state index in [4.69, 9.17) is 0 Å². The molecule has 0 spiro atoms. The van der Waals surface area contributed by atoms with Gasteiger partial charge in [-0.05, 0) is 13.8 Å². The van der Waals surface area contributed by atoms with E-state index in [0.29, 0.717) is 5.75 Å². The Morgan fingerprint density at radius 2 is 1.46 bits per heavy atom. The van der Waals surface area contributed by atoms with Gasteiger partial charge >= 0.3 is 0 Å². The maximum absolute atomic E-state index is 9.75. The van der Waals surface area contributed by atoms with Crippen LogP contribution in [0.3, 0.4) is 0 Å². The van der Waals surface area contributed by atoms with Gasteiger partial charge in [-0.25, -0.2) is 0 Å². The molecule has 0 saturated heterocycles. The first-order valence-corrected chi connectivity index (χ1v) is 4.37. The van der Waals surface area contributed by atoms with Crippen molar-refractivity contribution in [3.63, 3.8) is 0 Å². The lowest BCUT2D eigenvalue weighted by Crippen LogP contribution is -1.78. The van der Waals surface area contributed by atoms with Crippen LogP contribution >= 0.6 is 0 Å². The standard InChI is InChI=1S/C12H14O/c1-3-6-10-8-5-9-11(7-4-2)12(10)13/h3-9,13H,1-2H3/b6-3+,7-4+. The minimum Gasteiger partial charge on any atom is -0.507 e. The lowest BCUT2D eigenvalue weighted by atomic mass is 10.1. The van der Waals surface area contributed by atoms with E-state index in [-0.39, 0.29) is 0 Å². The fourth-order valence-electron chi connectivity index (χ4n) is 1.21. The largest absolute Gasteiger partial charge is 0.507 e. The van der Waals surface area contributed by atoms with E-state index in [9.17, 15) is 5.11 Å². The number of benzene rings is 1. The molecule has 0 saturated carbocycles. The van der Waals surface area contributed by atoms with Crippen molar-refractivity contribution in [1.82, 2.24) is 0 Å². The van der Waals surface area contributed by atoms with Gasteiger partial charge in [-0.15, -0.1) is 0 Å². The summed E-state index contributed by atoms with van der Waals surface area (Å²) < 4.78 is 0. The van der Waals surface area contributed by atoms with Crippen LogP contribution in [0, 0.1) is 0 Å². The van der Waals surface area contributed by atoms with Crippen molar-refractivity contribution in [3.8, 4) is 5.75 Å². The molecule has 0 atom stereocenters. The predicted molar refractivity (Wildman–Crippen MR) is 57.5 cm³/mol. The molecule has 1 rings (SSSR count). The van der Waals surface area contributed by atoms with Crippen LogP contribution in [-0.4, -0.2) is 5.11 Å². The molecule has 1 aromatic carbocycles. The lowest BCUT2D eigenvalue weighted by Gasteiger charge is -2.02. The summed E-state index contributed by atoms with van der Waals surface area (Å²) in [6, 6.07) is 5.72. The SMILES string of the molecule is C/C=C/c1cccc(/C=C/C)c1O. The Bertz CT molecular complexity index is 305. The summed E-state index contributed by atoms with van der Waals surface area (Å²) in [6.45, 7) is 3.86. The van der Waals surface area contributed by atoms with E-state index in [1.165, 1.54) is 0 Å². The third kappa shape index (κ3) is 2.22. The molecule has 1 aromatic rings. The third-order valence-corrected chi connectivity index (χ3v) is 1.79. The predicted octanol–water partition coefficient (Wildman–Crippen LogP) is 3.46. The average Bonchev–Trinajstić information content (AvgIpc) is 2.13. The topological polar surface area (TPSA) is 20.2 Å². The zero-order chi connectivity index (χ0) is 9.68. The van der Waals surface area contributed by atoms with E-state index in [1.54, 1.807) is 0 Å². The van der Waals surface area contributed by atoms with Crippen molar-refractivity contribution in [1.29, 1.82) is 0 Å². The molecule has 0 fully saturated rings. The molecular formula is C12H14O. The lowest BCUT2D eigenvalue weighted by molar-refractivity contribution is 0.473. The molecule has 0 heterocycles. The van der Waals surface area contributed by atoms with Gasteiger partial charge in [0.25, 0.3) is 0 Å². The molecule has 0 aliphatic rings. The molecular weight excluding hydrogens is 160 g/mol. The fourth-order valence-corrected chi connectivity index (χ4v) is 1.21. The van der Waals surface area contributed by atoms with Gasteiger partial charge < -0.3 is 5.11 Å². The summed E-state index contributed by atoms with van der Waals surface area (Å²) >= 11 is 0. The van der Waals surface area contributed by atoms with E-state index in [1.807, 2.05) is 56.4 Å². The monoisotopic (exact) mass is 174 g/mol. The van der Waals surface area contributed by atoms with Crippen molar-refractivity contribution in [2.24, 2.45) is 0 Å². The van der Waals surface area contributed by atoms with Gasteiger partial charge in [0.15, 0.2) is 0 Å². The number of para-hydroxylation sites is 1. The first-order chi connectivity index (χ1) is 6.29. The van der Waals surface area contributed by atoms with Gasteiger partial charge in [0.1, 0.15) is 5.75 Å². The molecule has 1 heteroatoms. The number of rotatable bonds is 2. The highest BCUT2D eigenvalue weighted by Crippen LogP contribution is 2.24. The number of hydrogen-bond donors (Lipinski definition) is 1. The molecule has 1 N–H and O–H groups in total. The van der Waals surface area contributed by atoms with Gasteiger partial charge in [-0.2, -0.15) is 0 Å². The summed E-state index contributed by atoms with van der Waals surface area (Å²) in [5.41, 5.74) is 1.72. The molecule has 0 radical (unpaired) electrons. The first-order valence-electron chi connectivity index (χ1n) is 4.37. The molecule has 0 aliphatic heterocycles. The van der Waals surface area contributed by atoms with Gasteiger partial charge in [-0.3, -0.25) is 0 Å². The molecule has 1 nitrogen and oxygen atoms in total. The Morgan fingerprint density at radius 3 is 1.85 bits per heavy atom. The van der Waals surface area contributed by atoms with Gasteiger partial charge in [-0.1, -0.05) is 42.5 Å². The molecule has 68 valence electrons. The Morgan fingerprint density at radius 1 is 1.00 bits per heavy atom. The quantitative estimate of drug-likeness (QED) is 0.728. The van der Waals surface area contributed by atoms with Crippen LogP contribution in [0.1, 0.15) is 25.0 Å².